The van der Waals surface area contributed by atoms with Crippen LogP contribution in [0.3, 0.4) is 0 Å². The molecule has 2 aromatic heterocycles. The summed E-state index contributed by atoms with van der Waals surface area (Å²) in [4.78, 5) is 13.5. The highest BCUT2D eigenvalue weighted by Gasteiger charge is 2.33. The fourth-order valence-corrected chi connectivity index (χ4v) is 4.30. The van der Waals surface area contributed by atoms with E-state index in [1.165, 1.54) is 23.1 Å². The molecule has 0 spiro atoms. The smallest absolute Gasteiger partial charge is 0.325 e. The zero-order valence-corrected chi connectivity index (χ0v) is 17.7. The highest BCUT2D eigenvalue weighted by molar-refractivity contribution is 7.99. The molecule has 0 bridgehead atoms. The summed E-state index contributed by atoms with van der Waals surface area (Å²) in [7, 11) is 0. The van der Waals surface area contributed by atoms with E-state index in [9.17, 15) is 18.0 Å². The van der Waals surface area contributed by atoms with E-state index in [-0.39, 0.29) is 11.4 Å². The average molecular weight is 453 g/mol. The van der Waals surface area contributed by atoms with Crippen LogP contribution in [0.4, 0.5) is 18.9 Å². The third-order valence-electron chi connectivity index (χ3n) is 4.13. The van der Waals surface area contributed by atoms with Gasteiger partial charge in [0.25, 0.3) is 0 Å². The number of aryl methyl sites for hydroxylation is 1. The molecule has 0 atom stereocenters. The van der Waals surface area contributed by atoms with E-state index in [1.54, 1.807) is 17.4 Å². The molecule has 0 saturated heterocycles. The number of nitrogens with one attached hydrogen (secondary N) is 1. The number of thioether (sulfide) groups is 1. The Kier molecular flexibility index (Phi) is 6.99. The molecule has 30 heavy (non-hydrogen) atoms. The predicted molar refractivity (Wildman–Crippen MR) is 114 cm³/mol. The number of rotatable bonds is 8. The van der Waals surface area contributed by atoms with E-state index in [0.29, 0.717) is 17.5 Å². The molecule has 1 aromatic carbocycles. The fraction of sp³-hybridized carbons (Fsp3) is 0.250. The molecule has 0 aliphatic carbocycles. The first-order valence-electron chi connectivity index (χ1n) is 9.04. The van der Waals surface area contributed by atoms with Crippen LogP contribution >= 0.6 is 23.1 Å². The van der Waals surface area contributed by atoms with E-state index >= 15 is 0 Å². The molecule has 1 amide bonds. The van der Waals surface area contributed by atoms with Crippen LogP contribution in [0.15, 0.2) is 53.5 Å². The first-order valence-corrected chi connectivity index (χ1v) is 10.9. The average Bonchev–Trinajstić information content (AvgIpc) is 3.33. The summed E-state index contributed by atoms with van der Waals surface area (Å²) in [6, 6.07) is 6.92. The van der Waals surface area contributed by atoms with Crippen molar-refractivity contribution in [3.8, 4) is 11.4 Å². The highest BCUT2D eigenvalue weighted by atomic mass is 32.2. The second kappa shape index (κ2) is 9.48. The van der Waals surface area contributed by atoms with E-state index in [2.05, 4.69) is 29.0 Å². The number of anilines is 1. The molecule has 10 heteroatoms. The lowest BCUT2D eigenvalue weighted by atomic mass is 10.1. The van der Waals surface area contributed by atoms with Gasteiger partial charge in [0.1, 0.15) is 0 Å². The van der Waals surface area contributed by atoms with Gasteiger partial charge in [-0.1, -0.05) is 36.9 Å². The van der Waals surface area contributed by atoms with Gasteiger partial charge in [-0.15, -0.1) is 28.1 Å². The summed E-state index contributed by atoms with van der Waals surface area (Å²) < 4.78 is 41.1. The molecule has 0 saturated carbocycles. The Balaban J connectivity index is 1.73. The summed E-state index contributed by atoms with van der Waals surface area (Å²) in [6.07, 6.45) is -1.93. The summed E-state index contributed by atoms with van der Waals surface area (Å²) in [5.74, 6) is -0.00271. The van der Waals surface area contributed by atoms with E-state index in [4.69, 9.17) is 0 Å². The standard InChI is InChI=1S/C20H19F3N4OS2/c1-3-9-27-18(13-10-14(4-2)29-11-13)25-26-19(27)30-12-17(28)24-16-8-6-5-7-15(16)20(21,22)23/h3,5-8,10-11H,1,4,9,12H2,2H3,(H,24,28). The summed E-state index contributed by atoms with van der Waals surface area (Å²) >= 11 is 2.74. The van der Waals surface area contributed by atoms with Crippen LogP contribution in [0.1, 0.15) is 17.4 Å². The van der Waals surface area contributed by atoms with Gasteiger partial charge >= 0.3 is 6.18 Å². The Labute approximate surface area is 180 Å². The molecule has 0 unspecified atom stereocenters. The lowest BCUT2D eigenvalue weighted by Gasteiger charge is -2.13. The van der Waals surface area contributed by atoms with Gasteiger partial charge in [0.2, 0.25) is 5.91 Å². The molecule has 2 heterocycles. The van der Waals surface area contributed by atoms with Gasteiger partial charge in [-0.25, -0.2) is 0 Å². The number of hydrogen-bond donors (Lipinski definition) is 1. The quantitative estimate of drug-likeness (QED) is 0.362. The SMILES string of the molecule is C=CCn1c(SCC(=O)Nc2ccccc2C(F)(F)F)nnc1-c1csc(CC)c1. The number of carbonyl (C=O) groups excluding carboxylic acids is 1. The number of amides is 1. The number of allylic oxidation sites excluding steroid dienone is 1. The Morgan fingerprint density at radius 1 is 1.33 bits per heavy atom. The van der Waals surface area contributed by atoms with Crippen molar-refractivity contribution < 1.29 is 18.0 Å². The Morgan fingerprint density at radius 3 is 2.77 bits per heavy atom. The maximum Gasteiger partial charge on any atom is 0.418 e. The Bertz CT molecular complexity index is 1040. The third kappa shape index (κ3) is 5.11. The van der Waals surface area contributed by atoms with Crippen LogP contribution in [0.25, 0.3) is 11.4 Å². The number of halogens is 3. The van der Waals surface area contributed by atoms with Crippen LogP contribution < -0.4 is 5.32 Å². The lowest BCUT2D eigenvalue weighted by molar-refractivity contribution is -0.137. The molecule has 0 aliphatic rings. The Hall–Kier alpha value is -2.59. The van der Waals surface area contributed by atoms with Crippen LogP contribution in [0.5, 0.6) is 0 Å². The van der Waals surface area contributed by atoms with Crippen molar-refractivity contribution in [2.75, 3.05) is 11.1 Å². The van der Waals surface area contributed by atoms with Crippen LogP contribution in [-0.4, -0.2) is 26.4 Å². The zero-order valence-electron chi connectivity index (χ0n) is 16.1. The third-order valence-corrected chi connectivity index (χ3v) is 6.18. The first kappa shape index (κ1) is 22.1. The maximum atomic E-state index is 13.1. The predicted octanol–water partition coefficient (Wildman–Crippen LogP) is 5.50. The number of thiophene rings is 1. The monoisotopic (exact) mass is 452 g/mol. The normalized spacial score (nSPS) is 11.5. The topological polar surface area (TPSA) is 59.8 Å². The number of para-hydroxylation sites is 1. The fourth-order valence-electron chi connectivity index (χ4n) is 2.74. The second-order valence-corrected chi connectivity index (χ2v) is 8.18. The molecule has 0 aliphatic heterocycles. The maximum absolute atomic E-state index is 13.1. The molecule has 158 valence electrons. The van der Waals surface area contributed by atoms with Gasteiger partial charge in [-0.05, 0) is 24.6 Å². The number of alkyl halides is 3. The highest BCUT2D eigenvalue weighted by Crippen LogP contribution is 2.34. The Morgan fingerprint density at radius 2 is 2.10 bits per heavy atom. The summed E-state index contributed by atoms with van der Waals surface area (Å²) in [5.41, 5.74) is -0.222. The van der Waals surface area contributed by atoms with Crippen molar-refractivity contribution in [2.24, 2.45) is 0 Å². The molecule has 1 N–H and O–H groups in total. The van der Waals surface area contributed by atoms with Gasteiger partial charge in [-0.3, -0.25) is 9.36 Å². The first-order chi connectivity index (χ1) is 14.3. The number of hydrogen-bond acceptors (Lipinski definition) is 5. The van der Waals surface area contributed by atoms with Crippen molar-refractivity contribution in [3.63, 3.8) is 0 Å². The van der Waals surface area contributed by atoms with Gasteiger partial charge in [0.05, 0.1) is 17.0 Å². The summed E-state index contributed by atoms with van der Waals surface area (Å²) in [5, 5.41) is 13.2. The van der Waals surface area contributed by atoms with Crippen molar-refractivity contribution in [2.45, 2.75) is 31.2 Å². The van der Waals surface area contributed by atoms with Gasteiger partial charge in [0, 0.05) is 22.4 Å². The largest absolute Gasteiger partial charge is 0.418 e. The van der Waals surface area contributed by atoms with E-state index in [0.717, 1.165) is 29.8 Å². The number of aromatic nitrogens is 3. The number of benzene rings is 1. The van der Waals surface area contributed by atoms with Crippen molar-refractivity contribution >= 4 is 34.7 Å². The van der Waals surface area contributed by atoms with E-state index in [1.807, 2.05) is 16.0 Å². The number of carbonyl (C=O) groups is 1. The minimum absolute atomic E-state index is 0.106. The molecular weight excluding hydrogens is 433 g/mol. The molecule has 0 fully saturated rings. The number of nitrogens with zero attached hydrogens (tertiary/aromatic N) is 3. The van der Waals surface area contributed by atoms with Crippen LogP contribution in [0.2, 0.25) is 0 Å². The molecule has 0 radical (unpaired) electrons. The van der Waals surface area contributed by atoms with Crippen molar-refractivity contribution in [1.82, 2.24) is 14.8 Å². The molecule has 3 aromatic rings. The van der Waals surface area contributed by atoms with Crippen LogP contribution in [0, 0.1) is 0 Å². The van der Waals surface area contributed by atoms with Gasteiger partial charge in [0.15, 0.2) is 11.0 Å². The molecular formula is C20H19F3N4OS2. The zero-order chi connectivity index (χ0) is 21.7. The van der Waals surface area contributed by atoms with E-state index < -0.39 is 17.6 Å². The van der Waals surface area contributed by atoms with Crippen molar-refractivity contribution in [1.29, 1.82) is 0 Å². The van der Waals surface area contributed by atoms with Gasteiger partial charge in [-0.2, -0.15) is 13.2 Å². The molecule has 3 rings (SSSR count). The lowest BCUT2D eigenvalue weighted by Crippen LogP contribution is -2.18. The summed E-state index contributed by atoms with van der Waals surface area (Å²) in [6.45, 7) is 6.26. The molecule has 5 nitrogen and oxygen atoms in total. The van der Waals surface area contributed by atoms with Crippen LogP contribution in [-0.2, 0) is 23.9 Å². The van der Waals surface area contributed by atoms with Gasteiger partial charge < -0.3 is 5.32 Å². The minimum Gasteiger partial charge on any atom is -0.325 e. The van der Waals surface area contributed by atoms with Crippen molar-refractivity contribution in [3.05, 3.63) is 58.8 Å². The second-order valence-electron chi connectivity index (χ2n) is 6.24. The minimum atomic E-state index is -4.55.